The van der Waals surface area contributed by atoms with Gasteiger partial charge in [-0.2, -0.15) is 4.31 Å². The minimum absolute atomic E-state index is 0.0821. The number of morpholine rings is 1. The zero-order chi connectivity index (χ0) is 14.9. The first kappa shape index (κ1) is 14.2. The molecular formula is C14H17N3O3S. The lowest BCUT2D eigenvalue weighted by molar-refractivity contribution is -0.00261. The quantitative estimate of drug-likeness (QED) is 0.854. The first-order valence-electron chi connectivity index (χ1n) is 6.72. The average Bonchev–Trinajstić information content (AvgIpc) is 2.96. The maximum absolute atomic E-state index is 12.6. The van der Waals surface area contributed by atoms with E-state index in [0.29, 0.717) is 19.7 Å². The number of aromatic nitrogens is 2. The summed E-state index contributed by atoms with van der Waals surface area (Å²) in [7, 11) is -1.81. The SMILES string of the molecule is Cn1cnc(S(=O)(=O)N2CCO[C@H](c3ccccc3)C2)c1. The zero-order valence-electron chi connectivity index (χ0n) is 11.7. The average molecular weight is 307 g/mol. The fraction of sp³-hybridized carbons (Fsp3) is 0.357. The molecule has 112 valence electrons. The van der Waals surface area contributed by atoms with Gasteiger partial charge in [0.25, 0.3) is 10.0 Å². The Balaban J connectivity index is 1.83. The zero-order valence-corrected chi connectivity index (χ0v) is 12.5. The standard InChI is InChI=1S/C14H17N3O3S/c1-16-10-14(15-11-16)21(18,19)17-7-8-20-13(9-17)12-5-3-2-4-6-12/h2-6,10-11,13H,7-9H2,1H3/t13-/m0/s1. The van der Waals surface area contributed by atoms with Crippen LogP contribution in [0, 0.1) is 0 Å². The van der Waals surface area contributed by atoms with Gasteiger partial charge in [0.05, 0.1) is 19.0 Å². The largest absolute Gasteiger partial charge is 0.371 e. The highest BCUT2D eigenvalue weighted by Crippen LogP contribution is 2.25. The van der Waals surface area contributed by atoms with Crippen LogP contribution < -0.4 is 0 Å². The van der Waals surface area contributed by atoms with Crippen molar-refractivity contribution in [2.24, 2.45) is 7.05 Å². The fourth-order valence-electron chi connectivity index (χ4n) is 2.37. The molecule has 0 aliphatic carbocycles. The number of rotatable bonds is 3. The number of ether oxygens (including phenoxy) is 1. The second kappa shape index (κ2) is 5.59. The van der Waals surface area contributed by atoms with E-state index in [-0.39, 0.29) is 11.1 Å². The van der Waals surface area contributed by atoms with E-state index in [1.807, 2.05) is 30.3 Å². The maximum Gasteiger partial charge on any atom is 0.262 e. The molecule has 1 aliphatic rings. The van der Waals surface area contributed by atoms with E-state index in [9.17, 15) is 8.42 Å². The Morgan fingerprint density at radius 2 is 2.05 bits per heavy atom. The summed E-state index contributed by atoms with van der Waals surface area (Å²) in [5, 5.41) is 0.0821. The molecule has 1 aromatic carbocycles. The molecule has 2 aromatic rings. The molecule has 1 saturated heterocycles. The highest BCUT2D eigenvalue weighted by Gasteiger charge is 2.32. The Bertz CT molecular complexity index is 712. The van der Waals surface area contributed by atoms with Crippen molar-refractivity contribution in [3.63, 3.8) is 0 Å². The van der Waals surface area contributed by atoms with Crippen molar-refractivity contribution in [1.29, 1.82) is 0 Å². The minimum Gasteiger partial charge on any atom is -0.371 e. The van der Waals surface area contributed by atoms with Crippen molar-refractivity contribution >= 4 is 10.0 Å². The van der Waals surface area contributed by atoms with Crippen molar-refractivity contribution in [3.05, 3.63) is 48.4 Å². The molecule has 7 heteroatoms. The van der Waals surface area contributed by atoms with Crippen molar-refractivity contribution in [2.75, 3.05) is 19.7 Å². The van der Waals surface area contributed by atoms with Crippen LogP contribution in [0.15, 0.2) is 47.9 Å². The Labute approximate surface area is 124 Å². The monoisotopic (exact) mass is 307 g/mol. The van der Waals surface area contributed by atoms with E-state index < -0.39 is 10.0 Å². The van der Waals surface area contributed by atoms with E-state index in [1.165, 1.54) is 16.8 Å². The first-order valence-corrected chi connectivity index (χ1v) is 8.16. The molecule has 1 aromatic heterocycles. The molecule has 3 rings (SSSR count). The molecule has 0 N–H and O–H groups in total. The second-order valence-electron chi connectivity index (χ2n) is 5.01. The van der Waals surface area contributed by atoms with Crippen LogP contribution in [0.2, 0.25) is 0 Å². The molecule has 1 aliphatic heterocycles. The molecular weight excluding hydrogens is 290 g/mol. The lowest BCUT2D eigenvalue weighted by Crippen LogP contribution is -2.42. The van der Waals surface area contributed by atoms with E-state index >= 15 is 0 Å². The summed E-state index contributed by atoms with van der Waals surface area (Å²) >= 11 is 0. The topological polar surface area (TPSA) is 64.4 Å². The molecule has 0 spiro atoms. The number of hydrogen-bond donors (Lipinski definition) is 0. The second-order valence-corrected chi connectivity index (χ2v) is 6.90. The van der Waals surface area contributed by atoms with Gasteiger partial charge in [0.1, 0.15) is 0 Å². The fourth-order valence-corrected chi connectivity index (χ4v) is 3.76. The summed E-state index contributed by atoms with van der Waals surface area (Å²) in [6.07, 6.45) is 2.77. The number of imidazole rings is 1. The molecule has 0 amide bonds. The van der Waals surface area contributed by atoms with Crippen LogP contribution in [0.3, 0.4) is 0 Å². The van der Waals surface area contributed by atoms with E-state index in [4.69, 9.17) is 4.74 Å². The van der Waals surface area contributed by atoms with Crippen LogP contribution in [-0.2, 0) is 21.8 Å². The predicted octanol–water partition coefficient (Wildman–Crippen LogP) is 1.18. The van der Waals surface area contributed by atoms with Gasteiger partial charge in [0, 0.05) is 26.3 Å². The molecule has 21 heavy (non-hydrogen) atoms. The van der Waals surface area contributed by atoms with Gasteiger partial charge in [-0.05, 0) is 5.56 Å². The highest BCUT2D eigenvalue weighted by molar-refractivity contribution is 7.89. The summed E-state index contributed by atoms with van der Waals surface area (Å²) in [6, 6.07) is 9.66. The number of sulfonamides is 1. The van der Waals surface area contributed by atoms with Gasteiger partial charge in [0.2, 0.25) is 0 Å². The van der Waals surface area contributed by atoms with Crippen molar-refractivity contribution in [3.8, 4) is 0 Å². The van der Waals surface area contributed by atoms with Crippen LogP contribution in [0.5, 0.6) is 0 Å². The van der Waals surface area contributed by atoms with Gasteiger partial charge >= 0.3 is 0 Å². The predicted molar refractivity (Wildman–Crippen MR) is 77.1 cm³/mol. The van der Waals surface area contributed by atoms with E-state index in [1.54, 1.807) is 11.6 Å². The summed E-state index contributed by atoms with van der Waals surface area (Å²) in [4.78, 5) is 3.95. The van der Waals surface area contributed by atoms with Crippen molar-refractivity contribution in [2.45, 2.75) is 11.1 Å². The van der Waals surface area contributed by atoms with E-state index in [2.05, 4.69) is 4.98 Å². The Kier molecular flexibility index (Phi) is 3.79. The summed E-state index contributed by atoms with van der Waals surface area (Å²) in [5.41, 5.74) is 0.985. The van der Waals surface area contributed by atoms with Gasteiger partial charge in [-0.15, -0.1) is 0 Å². The van der Waals surface area contributed by atoms with Crippen molar-refractivity contribution < 1.29 is 13.2 Å². The summed E-state index contributed by atoms with van der Waals surface area (Å²) in [6.45, 7) is 1.04. The third kappa shape index (κ3) is 2.85. The van der Waals surface area contributed by atoms with Gasteiger partial charge < -0.3 is 9.30 Å². The maximum atomic E-state index is 12.6. The number of benzene rings is 1. The summed E-state index contributed by atoms with van der Waals surface area (Å²) in [5.74, 6) is 0. The molecule has 1 atom stereocenters. The number of hydrogen-bond acceptors (Lipinski definition) is 4. The molecule has 0 radical (unpaired) electrons. The van der Waals surface area contributed by atoms with Gasteiger partial charge in [0.15, 0.2) is 5.03 Å². The van der Waals surface area contributed by atoms with Gasteiger partial charge in [-0.25, -0.2) is 13.4 Å². The van der Waals surface area contributed by atoms with Crippen LogP contribution >= 0.6 is 0 Å². The minimum atomic E-state index is -3.56. The molecule has 0 unspecified atom stereocenters. The number of aryl methyl sites for hydroxylation is 1. The number of nitrogens with zero attached hydrogens (tertiary/aromatic N) is 3. The van der Waals surface area contributed by atoms with Crippen LogP contribution in [0.25, 0.3) is 0 Å². The van der Waals surface area contributed by atoms with Crippen LogP contribution in [-0.4, -0.2) is 42.0 Å². The smallest absolute Gasteiger partial charge is 0.262 e. The van der Waals surface area contributed by atoms with Gasteiger partial charge in [-0.3, -0.25) is 0 Å². The first-order chi connectivity index (χ1) is 10.1. The van der Waals surface area contributed by atoms with Crippen molar-refractivity contribution in [1.82, 2.24) is 13.9 Å². The van der Waals surface area contributed by atoms with Gasteiger partial charge in [-0.1, -0.05) is 30.3 Å². The molecule has 1 fully saturated rings. The third-order valence-electron chi connectivity index (χ3n) is 3.49. The lowest BCUT2D eigenvalue weighted by Gasteiger charge is -2.31. The van der Waals surface area contributed by atoms with E-state index in [0.717, 1.165) is 5.56 Å². The highest BCUT2D eigenvalue weighted by atomic mass is 32.2. The lowest BCUT2D eigenvalue weighted by atomic mass is 10.1. The Morgan fingerprint density at radius 1 is 1.29 bits per heavy atom. The normalized spacial score (nSPS) is 20.5. The Hall–Kier alpha value is -1.70. The molecule has 2 heterocycles. The Morgan fingerprint density at radius 3 is 2.71 bits per heavy atom. The van der Waals surface area contributed by atoms with Crippen LogP contribution in [0.4, 0.5) is 0 Å². The summed E-state index contributed by atoms with van der Waals surface area (Å²) < 4.78 is 33.9. The molecule has 6 nitrogen and oxygen atoms in total. The van der Waals surface area contributed by atoms with Crippen LogP contribution in [0.1, 0.15) is 11.7 Å². The third-order valence-corrected chi connectivity index (χ3v) is 5.24. The molecule has 0 bridgehead atoms. The molecule has 0 saturated carbocycles.